The van der Waals surface area contributed by atoms with Gasteiger partial charge in [-0.2, -0.15) is 0 Å². The molecule has 0 aliphatic carbocycles. The number of nitrogens with zero attached hydrogens (tertiary/aromatic N) is 3. The second-order valence-corrected chi connectivity index (χ2v) is 6.08. The number of nitrogens with one attached hydrogen (secondary N) is 1. The lowest BCUT2D eigenvalue weighted by molar-refractivity contribution is 0.0945. The second kappa shape index (κ2) is 6.87. The van der Waals surface area contributed by atoms with Crippen LogP contribution in [0.25, 0.3) is 17.0 Å². The van der Waals surface area contributed by atoms with Gasteiger partial charge in [0.05, 0.1) is 12.7 Å². The lowest BCUT2D eigenvalue weighted by Crippen LogP contribution is -2.31. The maximum atomic E-state index is 12.5. The van der Waals surface area contributed by atoms with Crippen LogP contribution in [0.1, 0.15) is 21.8 Å². The van der Waals surface area contributed by atoms with Crippen LogP contribution in [0.15, 0.2) is 70.3 Å². The fourth-order valence-electron chi connectivity index (χ4n) is 2.72. The van der Waals surface area contributed by atoms with Crippen LogP contribution in [0.2, 0.25) is 0 Å². The standard InChI is InChI=1S/C20H16N4O3/c1-13-7-8-17-21-9-15(20(26)24(17)12-13)19(25)23-11-18-22-10-16(27-18)14-5-3-2-4-6-14/h2-10,12H,11H2,1H3,(H,23,25). The van der Waals surface area contributed by atoms with Gasteiger partial charge in [-0.15, -0.1) is 0 Å². The summed E-state index contributed by atoms with van der Waals surface area (Å²) >= 11 is 0. The van der Waals surface area contributed by atoms with E-state index in [0.717, 1.165) is 11.1 Å². The van der Waals surface area contributed by atoms with E-state index in [4.69, 9.17) is 4.42 Å². The van der Waals surface area contributed by atoms with Crippen LogP contribution < -0.4 is 10.9 Å². The Bertz CT molecular complexity index is 1180. The summed E-state index contributed by atoms with van der Waals surface area (Å²) in [5.41, 5.74) is 1.83. The van der Waals surface area contributed by atoms with Crippen LogP contribution in [0.3, 0.4) is 0 Å². The van der Waals surface area contributed by atoms with Gasteiger partial charge in [0.15, 0.2) is 5.76 Å². The minimum absolute atomic E-state index is 0.0343. The van der Waals surface area contributed by atoms with Crippen molar-refractivity contribution in [1.29, 1.82) is 0 Å². The molecular weight excluding hydrogens is 344 g/mol. The first-order chi connectivity index (χ1) is 13.1. The smallest absolute Gasteiger partial charge is 0.270 e. The Kier molecular flexibility index (Phi) is 4.25. The minimum atomic E-state index is -0.525. The van der Waals surface area contributed by atoms with Gasteiger partial charge in [0.25, 0.3) is 11.5 Å². The number of pyridine rings is 1. The van der Waals surface area contributed by atoms with Crippen LogP contribution in [-0.2, 0) is 6.54 Å². The van der Waals surface area contributed by atoms with Gasteiger partial charge in [0.2, 0.25) is 5.89 Å². The van der Waals surface area contributed by atoms with Gasteiger partial charge in [-0.25, -0.2) is 9.97 Å². The van der Waals surface area contributed by atoms with Crippen molar-refractivity contribution >= 4 is 11.6 Å². The fourth-order valence-corrected chi connectivity index (χ4v) is 2.72. The molecule has 3 heterocycles. The van der Waals surface area contributed by atoms with Gasteiger partial charge in [-0.05, 0) is 18.6 Å². The van der Waals surface area contributed by atoms with E-state index in [2.05, 4.69) is 15.3 Å². The number of hydrogen-bond acceptors (Lipinski definition) is 5. The number of carbonyl (C=O) groups is 1. The van der Waals surface area contributed by atoms with Crippen molar-refractivity contribution in [2.45, 2.75) is 13.5 Å². The molecule has 1 N–H and O–H groups in total. The largest absolute Gasteiger partial charge is 0.439 e. The number of hydrogen-bond donors (Lipinski definition) is 1. The van der Waals surface area contributed by atoms with Crippen molar-refractivity contribution in [2.75, 3.05) is 0 Å². The highest BCUT2D eigenvalue weighted by Gasteiger charge is 2.14. The molecule has 0 spiro atoms. The Hall–Kier alpha value is -3.74. The highest BCUT2D eigenvalue weighted by Crippen LogP contribution is 2.19. The summed E-state index contributed by atoms with van der Waals surface area (Å²) in [7, 11) is 0. The molecule has 0 radical (unpaired) electrons. The topological polar surface area (TPSA) is 89.5 Å². The lowest BCUT2D eigenvalue weighted by Gasteiger charge is -2.05. The molecular formula is C20H16N4O3. The number of rotatable bonds is 4. The summed E-state index contributed by atoms with van der Waals surface area (Å²) in [6.07, 6.45) is 4.54. The molecule has 0 atom stereocenters. The zero-order valence-electron chi connectivity index (χ0n) is 14.5. The third-order valence-electron chi connectivity index (χ3n) is 4.11. The number of fused-ring (bicyclic) bond motifs is 1. The number of carbonyl (C=O) groups excluding carboxylic acids is 1. The Labute approximate surface area is 154 Å². The highest BCUT2D eigenvalue weighted by atomic mass is 16.4. The summed E-state index contributed by atoms with van der Waals surface area (Å²) in [5, 5.41) is 2.65. The Morgan fingerprint density at radius 2 is 1.93 bits per heavy atom. The van der Waals surface area contributed by atoms with Crippen molar-refractivity contribution in [2.24, 2.45) is 0 Å². The van der Waals surface area contributed by atoms with Crippen LogP contribution in [0.5, 0.6) is 0 Å². The molecule has 0 fully saturated rings. The molecule has 0 saturated carbocycles. The van der Waals surface area contributed by atoms with Crippen molar-refractivity contribution in [3.8, 4) is 11.3 Å². The van der Waals surface area contributed by atoms with Crippen molar-refractivity contribution in [3.63, 3.8) is 0 Å². The normalized spacial score (nSPS) is 10.9. The van der Waals surface area contributed by atoms with Crippen molar-refractivity contribution in [3.05, 3.63) is 88.4 Å². The molecule has 0 aliphatic rings. The van der Waals surface area contributed by atoms with Gasteiger partial charge in [-0.1, -0.05) is 36.4 Å². The Morgan fingerprint density at radius 1 is 1.11 bits per heavy atom. The summed E-state index contributed by atoms with van der Waals surface area (Å²) in [6, 6.07) is 13.1. The SMILES string of the molecule is Cc1ccc2ncc(C(=O)NCc3ncc(-c4ccccc4)o3)c(=O)n2c1. The fraction of sp³-hybridized carbons (Fsp3) is 0.100. The number of aromatic nitrogens is 3. The summed E-state index contributed by atoms with van der Waals surface area (Å²) in [4.78, 5) is 33.3. The van der Waals surface area contributed by atoms with Crippen molar-refractivity contribution in [1.82, 2.24) is 19.7 Å². The number of benzene rings is 1. The summed E-state index contributed by atoms with van der Waals surface area (Å²) in [6.45, 7) is 1.94. The number of aryl methyl sites for hydroxylation is 1. The average molecular weight is 360 g/mol. The minimum Gasteiger partial charge on any atom is -0.439 e. The molecule has 3 aromatic heterocycles. The van der Waals surface area contributed by atoms with E-state index >= 15 is 0 Å². The summed E-state index contributed by atoms with van der Waals surface area (Å²) < 4.78 is 7.01. The third-order valence-corrected chi connectivity index (χ3v) is 4.11. The van der Waals surface area contributed by atoms with E-state index in [1.807, 2.05) is 43.3 Å². The molecule has 0 unspecified atom stereocenters. The quantitative estimate of drug-likeness (QED) is 0.604. The predicted molar refractivity (Wildman–Crippen MR) is 99.3 cm³/mol. The van der Waals surface area contributed by atoms with Crippen LogP contribution in [-0.4, -0.2) is 20.3 Å². The van der Waals surface area contributed by atoms with E-state index in [-0.39, 0.29) is 12.1 Å². The average Bonchev–Trinajstić information content (AvgIpc) is 3.17. The molecule has 27 heavy (non-hydrogen) atoms. The van der Waals surface area contributed by atoms with E-state index < -0.39 is 11.5 Å². The molecule has 7 nitrogen and oxygen atoms in total. The van der Waals surface area contributed by atoms with E-state index in [1.54, 1.807) is 18.5 Å². The number of amides is 1. The predicted octanol–water partition coefficient (Wildman–Crippen LogP) is 2.59. The molecule has 134 valence electrons. The van der Waals surface area contributed by atoms with Gasteiger partial charge >= 0.3 is 0 Å². The first kappa shape index (κ1) is 16.7. The molecule has 7 heteroatoms. The zero-order chi connectivity index (χ0) is 18.8. The monoisotopic (exact) mass is 360 g/mol. The van der Waals surface area contributed by atoms with Gasteiger partial charge < -0.3 is 9.73 Å². The van der Waals surface area contributed by atoms with E-state index in [9.17, 15) is 9.59 Å². The van der Waals surface area contributed by atoms with Gasteiger partial charge in [-0.3, -0.25) is 14.0 Å². The van der Waals surface area contributed by atoms with Crippen LogP contribution in [0, 0.1) is 6.92 Å². The molecule has 4 rings (SSSR count). The van der Waals surface area contributed by atoms with E-state index in [0.29, 0.717) is 17.3 Å². The van der Waals surface area contributed by atoms with Crippen LogP contribution in [0.4, 0.5) is 0 Å². The first-order valence-corrected chi connectivity index (χ1v) is 8.38. The van der Waals surface area contributed by atoms with Gasteiger partial charge in [0, 0.05) is 18.0 Å². The summed E-state index contributed by atoms with van der Waals surface area (Å²) in [5.74, 6) is 0.442. The molecule has 1 amide bonds. The van der Waals surface area contributed by atoms with E-state index in [1.165, 1.54) is 10.6 Å². The van der Waals surface area contributed by atoms with Gasteiger partial charge in [0.1, 0.15) is 11.2 Å². The molecule has 1 aromatic carbocycles. The lowest BCUT2D eigenvalue weighted by atomic mass is 10.2. The maximum absolute atomic E-state index is 12.5. The highest BCUT2D eigenvalue weighted by molar-refractivity contribution is 5.93. The number of oxazole rings is 1. The zero-order valence-corrected chi connectivity index (χ0v) is 14.5. The third kappa shape index (κ3) is 3.35. The Balaban J connectivity index is 1.52. The molecule has 0 aliphatic heterocycles. The second-order valence-electron chi connectivity index (χ2n) is 6.08. The van der Waals surface area contributed by atoms with Crippen molar-refractivity contribution < 1.29 is 9.21 Å². The van der Waals surface area contributed by atoms with Crippen LogP contribution >= 0.6 is 0 Å². The Morgan fingerprint density at radius 3 is 2.74 bits per heavy atom. The molecule has 0 saturated heterocycles. The molecule has 0 bridgehead atoms. The first-order valence-electron chi connectivity index (χ1n) is 8.38. The maximum Gasteiger partial charge on any atom is 0.270 e. The molecule has 4 aromatic rings.